The zero-order chi connectivity index (χ0) is 14.7. The number of halogens is 1. The summed E-state index contributed by atoms with van der Waals surface area (Å²) in [7, 11) is 0. The molecule has 0 saturated carbocycles. The highest BCUT2D eigenvalue weighted by Gasteiger charge is 2.27. The molecule has 0 radical (unpaired) electrons. The first kappa shape index (κ1) is 14.8. The Labute approximate surface area is 130 Å². The third-order valence-corrected chi connectivity index (χ3v) is 3.78. The Morgan fingerprint density at radius 1 is 1.55 bits per heavy atom. The van der Waals surface area contributed by atoms with E-state index >= 15 is 0 Å². The summed E-state index contributed by atoms with van der Waals surface area (Å²) in [5, 5.41) is 9.15. The molecular formula is C14H14INO4. The molecule has 1 aromatic rings. The summed E-state index contributed by atoms with van der Waals surface area (Å²) in [6.45, 7) is 4.48. The fourth-order valence-electron chi connectivity index (χ4n) is 2.09. The van der Waals surface area contributed by atoms with Crippen molar-refractivity contribution in [3.05, 3.63) is 33.9 Å². The van der Waals surface area contributed by atoms with E-state index in [1.54, 1.807) is 11.0 Å². The van der Waals surface area contributed by atoms with Crippen LogP contribution in [-0.4, -0.2) is 30.1 Å². The van der Waals surface area contributed by atoms with E-state index in [2.05, 4.69) is 6.58 Å². The number of benzene rings is 1. The molecule has 1 aromatic carbocycles. The minimum atomic E-state index is -1.02. The summed E-state index contributed by atoms with van der Waals surface area (Å²) in [6.07, 6.45) is 2.86. The SMILES string of the molecule is C=CCOc1c(I)cc(C(=O)O)cc1N1CCCC1=O. The molecule has 1 aliphatic heterocycles. The maximum atomic E-state index is 11.9. The normalized spacial score (nSPS) is 14.4. The van der Waals surface area contributed by atoms with Crippen LogP contribution in [0.4, 0.5) is 5.69 Å². The van der Waals surface area contributed by atoms with Crippen LogP contribution in [0.3, 0.4) is 0 Å². The number of rotatable bonds is 5. The molecule has 0 aromatic heterocycles. The van der Waals surface area contributed by atoms with Gasteiger partial charge >= 0.3 is 5.97 Å². The Kier molecular flexibility index (Phi) is 4.64. The summed E-state index contributed by atoms with van der Waals surface area (Å²) < 4.78 is 6.27. The molecule has 106 valence electrons. The van der Waals surface area contributed by atoms with Gasteiger partial charge in [-0.15, -0.1) is 0 Å². The molecule has 1 saturated heterocycles. The quantitative estimate of drug-likeness (QED) is 0.623. The molecule has 20 heavy (non-hydrogen) atoms. The predicted octanol–water partition coefficient (Wildman–Crippen LogP) is 2.68. The van der Waals surface area contributed by atoms with Gasteiger partial charge in [-0.3, -0.25) is 4.79 Å². The van der Waals surface area contributed by atoms with Crippen LogP contribution in [0.1, 0.15) is 23.2 Å². The van der Waals surface area contributed by atoms with Gasteiger partial charge in [-0.05, 0) is 41.1 Å². The monoisotopic (exact) mass is 387 g/mol. The summed E-state index contributed by atoms with van der Waals surface area (Å²) in [5.41, 5.74) is 0.675. The number of nitrogens with zero attached hydrogens (tertiary/aromatic N) is 1. The van der Waals surface area contributed by atoms with E-state index in [1.807, 2.05) is 22.6 Å². The first-order valence-electron chi connectivity index (χ1n) is 6.15. The molecule has 1 heterocycles. The number of ether oxygens (including phenoxy) is 1. The van der Waals surface area contributed by atoms with Gasteiger partial charge in [-0.1, -0.05) is 12.7 Å². The van der Waals surface area contributed by atoms with Gasteiger partial charge in [0.2, 0.25) is 5.91 Å². The fraction of sp³-hybridized carbons (Fsp3) is 0.286. The highest BCUT2D eigenvalue weighted by Crippen LogP contribution is 2.37. The number of carboxylic acid groups (broad SMARTS) is 1. The van der Waals surface area contributed by atoms with Crippen LogP contribution in [0, 0.1) is 3.57 Å². The average molecular weight is 387 g/mol. The Hall–Kier alpha value is -1.57. The van der Waals surface area contributed by atoms with Gasteiger partial charge in [0.15, 0.2) is 5.75 Å². The van der Waals surface area contributed by atoms with Crippen molar-refractivity contribution in [3.8, 4) is 5.75 Å². The second-order valence-electron chi connectivity index (χ2n) is 4.36. The van der Waals surface area contributed by atoms with Gasteiger partial charge in [0.25, 0.3) is 0 Å². The zero-order valence-corrected chi connectivity index (χ0v) is 12.9. The standard InChI is InChI=1S/C14H14INO4/c1-2-6-20-13-10(15)7-9(14(18)19)8-11(13)16-5-3-4-12(16)17/h2,7-8H,1,3-6H2,(H,18,19). The van der Waals surface area contributed by atoms with E-state index < -0.39 is 5.97 Å². The van der Waals surface area contributed by atoms with Gasteiger partial charge in [-0.2, -0.15) is 0 Å². The molecule has 0 unspecified atom stereocenters. The molecule has 0 spiro atoms. The lowest BCUT2D eigenvalue weighted by molar-refractivity contribution is -0.117. The Morgan fingerprint density at radius 2 is 2.30 bits per heavy atom. The van der Waals surface area contributed by atoms with Crippen LogP contribution in [-0.2, 0) is 4.79 Å². The summed E-state index contributed by atoms with van der Waals surface area (Å²) in [5.74, 6) is -0.497. The molecule has 5 nitrogen and oxygen atoms in total. The van der Waals surface area contributed by atoms with Crippen LogP contribution in [0.15, 0.2) is 24.8 Å². The molecule has 1 N–H and O–H groups in total. The van der Waals surface area contributed by atoms with Crippen LogP contribution in [0.2, 0.25) is 0 Å². The van der Waals surface area contributed by atoms with Crippen LogP contribution in [0.25, 0.3) is 0 Å². The molecule has 0 aliphatic carbocycles. The van der Waals surface area contributed by atoms with Crippen molar-refractivity contribution in [3.63, 3.8) is 0 Å². The second-order valence-corrected chi connectivity index (χ2v) is 5.52. The number of hydrogen-bond acceptors (Lipinski definition) is 3. The number of anilines is 1. The van der Waals surface area contributed by atoms with E-state index in [9.17, 15) is 9.59 Å². The third-order valence-electron chi connectivity index (χ3n) is 2.98. The zero-order valence-electron chi connectivity index (χ0n) is 10.8. The molecule has 2 rings (SSSR count). The third kappa shape index (κ3) is 2.95. The molecule has 0 atom stereocenters. The first-order valence-corrected chi connectivity index (χ1v) is 7.23. The number of carboxylic acids is 1. The number of aromatic carboxylic acids is 1. The van der Waals surface area contributed by atoms with Crippen molar-refractivity contribution >= 4 is 40.2 Å². The lowest BCUT2D eigenvalue weighted by atomic mass is 10.1. The summed E-state index contributed by atoms with van der Waals surface area (Å²) in [6, 6.07) is 3.03. The van der Waals surface area contributed by atoms with Gasteiger partial charge in [0.1, 0.15) is 6.61 Å². The maximum absolute atomic E-state index is 11.9. The van der Waals surface area contributed by atoms with Crippen LogP contribution >= 0.6 is 22.6 Å². The first-order chi connectivity index (χ1) is 9.54. The molecular weight excluding hydrogens is 373 g/mol. The topological polar surface area (TPSA) is 66.8 Å². The second kappa shape index (κ2) is 6.25. The van der Waals surface area contributed by atoms with Crippen molar-refractivity contribution in [2.75, 3.05) is 18.1 Å². The van der Waals surface area contributed by atoms with Crippen LogP contribution < -0.4 is 9.64 Å². The Morgan fingerprint density at radius 3 is 2.85 bits per heavy atom. The molecule has 1 amide bonds. The fourth-order valence-corrected chi connectivity index (χ4v) is 2.86. The minimum absolute atomic E-state index is 0.00760. The lowest BCUT2D eigenvalue weighted by Gasteiger charge is -2.21. The predicted molar refractivity (Wildman–Crippen MR) is 83.4 cm³/mol. The van der Waals surface area contributed by atoms with Gasteiger partial charge < -0.3 is 14.7 Å². The maximum Gasteiger partial charge on any atom is 0.335 e. The Bertz CT molecular complexity index is 571. The van der Waals surface area contributed by atoms with E-state index in [4.69, 9.17) is 9.84 Å². The largest absolute Gasteiger partial charge is 0.486 e. The van der Waals surface area contributed by atoms with Gasteiger partial charge in [0.05, 0.1) is 14.8 Å². The van der Waals surface area contributed by atoms with Crippen LogP contribution in [0.5, 0.6) is 5.75 Å². The van der Waals surface area contributed by atoms with Crippen molar-refractivity contribution in [1.82, 2.24) is 0 Å². The van der Waals surface area contributed by atoms with Crippen molar-refractivity contribution in [1.29, 1.82) is 0 Å². The lowest BCUT2D eigenvalue weighted by Crippen LogP contribution is -2.25. The number of carbonyl (C=O) groups excluding carboxylic acids is 1. The number of amides is 1. The van der Waals surface area contributed by atoms with E-state index in [0.717, 1.165) is 6.42 Å². The highest BCUT2D eigenvalue weighted by molar-refractivity contribution is 14.1. The number of carbonyl (C=O) groups is 2. The van der Waals surface area contributed by atoms with Crippen molar-refractivity contribution < 1.29 is 19.4 Å². The van der Waals surface area contributed by atoms with Crippen molar-refractivity contribution in [2.24, 2.45) is 0 Å². The molecule has 0 bridgehead atoms. The molecule has 1 fully saturated rings. The molecule has 6 heteroatoms. The smallest absolute Gasteiger partial charge is 0.335 e. The average Bonchev–Trinajstić information content (AvgIpc) is 2.82. The summed E-state index contributed by atoms with van der Waals surface area (Å²) in [4.78, 5) is 24.6. The highest BCUT2D eigenvalue weighted by atomic mass is 127. The minimum Gasteiger partial charge on any atom is -0.486 e. The van der Waals surface area contributed by atoms with Gasteiger partial charge in [-0.25, -0.2) is 4.79 Å². The number of hydrogen-bond donors (Lipinski definition) is 1. The van der Waals surface area contributed by atoms with E-state index in [1.165, 1.54) is 12.1 Å². The van der Waals surface area contributed by atoms with E-state index in [-0.39, 0.29) is 11.5 Å². The Balaban J connectivity index is 2.50. The molecule has 1 aliphatic rings. The van der Waals surface area contributed by atoms with Gasteiger partial charge in [0, 0.05) is 13.0 Å². The van der Waals surface area contributed by atoms with E-state index in [0.29, 0.717) is 34.6 Å². The van der Waals surface area contributed by atoms with Crippen molar-refractivity contribution in [2.45, 2.75) is 12.8 Å². The summed E-state index contributed by atoms with van der Waals surface area (Å²) >= 11 is 2.02.